The number of rotatable bonds is 9. The molecule has 0 saturated heterocycles. The van der Waals surface area contributed by atoms with Crippen molar-refractivity contribution in [2.75, 3.05) is 0 Å². The van der Waals surface area contributed by atoms with Crippen molar-refractivity contribution in [3.63, 3.8) is 0 Å². The van der Waals surface area contributed by atoms with Crippen molar-refractivity contribution in [2.45, 2.75) is 11.5 Å². The summed E-state index contributed by atoms with van der Waals surface area (Å²) in [5.41, 5.74) is 1.17. The number of nitro benzene ring substituents is 1. The Bertz CT molecular complexity index is 1510. The number of ether oxygens (including phenoxy) is 1. The van der Waals surface area contributed by atoms with Gasteiger partial charge < -0.3 is 4.74 Å². The highest BCUT2D eigenvalue weighted by Crippen LogP contribution is 2.42. The molecule has 5 aromatic carbocycles. The quantitative estimate of drug-likeness (QED) is 0.0671. The van der Waals surface area contributed by atoms with Gasteiger partial charge in [0.05, 0.1) is 4.92 Å². The van der Waals surface area contributed by atoms with Crippen molar-refractivity contribution in [1.29, 1.82) is 0 Å². The van der Waals surface area contributed by atoms with Crippen LogP contribution in [0.25, 0.3) is 0 Å². The van der Waals surface area contributed by atoms with Gasteiger partial charge in [0.15, 0.2) is 6.10 Å². The molecule has 0 bridgehead atoms. The van der Waals surface area contributed by atoms with Crippen LogP contribution in [-0.4, -0.2) is 16.7 Å². The number of carbonyl (C=O) groups excluding carboxylic acids is 2. The second kappa shape index (κ2) is 11.6. The molecule has 6 nitrogen and oxygen atoms in total. The van der Waals surface area contributed by atoms with Crippen LogP contribution in [0.5, 0.6) is 0 Å². The van der Waals surface area contributed by atoms with Gasteiger partial charge in [-0.3, -0.25) is 19.7 Å². The second-order valence-corrected chi connectivity index (χ2v) is 9.21. The zero-order valence-electron chi connectivity index (χ0n) is 21.4. The van der Waals surface area contributed by atoms with E-state index in [1.807, 2.05) is 91.0 Å². The maximum Gasteiger partial charge on any atom is 0.326 e. The Morgan fingerprint density at radius 2 is 1.00 bits per heavy atom. The van der Waals surface area contributed by atoms with E-state index >= 15 is 0 Å². The average Bonchev–Trinajstić information content (AvgIpc) is 3.02. The number of hydrogen-bond acceptors (Lipinski definition) is 5. The fraction of sp³-hybridized carbons (Fsp3) is 0.0588. The number of nitrogens with zero attached hydrogens (tertiary/aromatic N) is 1. The summed E-state index contributed by atoms with van der Waals surface area (Å²) >= 11 is 0. The van der Waals surface area contributed by atoms with Crippen LogP contribution in [0, 0.1) is 10.1 Å². The molecule has 0 aliphatic heterocycles. The van der Waals surface area contributed by atoms with Gasteiger partial charge in [-0.2, -0.15) is 0 Å². The first-order valence-corrected chi connectivity index (χ1v) is 12.7. The molecule has 0 aromatic heterocycles. The van der Waals surface area contributed by atoms with Crippen LogP contribution in [0.1, 0.15) is 38.7 Å². The lowest BCUT2D eigenvalue weighted by atomic mass is 9.69. The summed E-state index contributed by atoms with van der Waals surface area (Å²) in [6.45, 7) is 0. The highest BCUT2D eigenvalue weighted by molar-refractivity contribution is 6.02. The van der Waals surface area contributed by atoms with Crippen molar-refractivity contribution in [3.05, 3.63) is 184 Å². The molecule has 40 heavy (non-hydrogen) atoms. The Morgan fingerprint density at radius 3 is 1.40 bits per heavy atom. The Hall–Kier alpha value is -5.36. The molecule has 0 heterocycles. The van der Waals surface area contributed by atoms with Crippen LogP contribution in [0.3, 0.4) is 0 Å². The van der Waals surface area contributed by atoms with Crippen molar-refractivity contribution in [2.24, 2.45) is 0 Å². The van der Waals surface area contributed by atoms with Crippen LogP contribution in [0.4, 0.5) is 5.69 Å². The summed E-state index contributed by atoms with van der Waals surface area (Å²) in [7, 11) is 0. The lowest BCUT2D eigenvalue weighted by Gasteiger charge is -2.34. The van der Waals surface area contributed by atoms with E-state index in [9.17, 15) is 19.7 Å². The molecule has 0 aliphatic carbocycles. The standard InChI is InChI=1S/C34H25NO5/c36-31(25-13-5-1-6-14-25)32(26-21-23-30(24-22-26)35(38)39)40-33(37)34(27-15-7-2-8-16-27,28-17-9-3-10-18-28)29-19-11-4-12-20-29/h1-24,32H/t32-/m1/s1. The topological polar surface area (TPSA) is 86.5 Å². The summed E-state index contributed by atoms with van der Waals surface area (Å²) in [5, 5.41) is 11.3. The molecule has 0 radical (unpaired) electrons. The predicted octanol–water partition coefficient (Wildman–Crippen LogP) is 7.10. The Kier molecular flexibility index (Phi) is 7.60. The molecule has 0 fully saturated rings. The van der Waals surface area contributed by atoms with E-state index in [2.05, 4.69) is 0 Å². The Morgan fingerprint density at radius 1 is 0.600 bits per heavy atom. The van der Waals surface area contributed by atoms with Crippen LogP contribution < -0.4 is 0 Å². The van der Waals surface area contributed by atoms with Gasteiger partial charge in [0.1, 0.15) is 5.41 Å². The van der Waals surface area contributed by atoms with E-state index < -0.39 is 28.2 Å². The number of nitro groups is 1. The number of Topliss-reactive ketones (excluding diaryl/α,β-unsaturated/α-hetero) is 1. The predicted molar refractivity (Wildman–Crippen MR) is 152 cm³/mol. The number of hydrogen-bond donors (Lipinski definition) is 0. The van der Waals surface area contributed by atoms with Gasteiger partial charge in [0.25, 0.3) is 5.69 Å². The third-order valence-corrected chi connectivity index (χ3v) is 6.85. The number of esters is 1. The monoisotopic (exact) mass is 527 g/mol. The molecular formula is C34H25NO5. The molecule has 0 N–H and O–H groups in total. The molecular weight excluding hydrogens is 502 g/mol. The molecule has 0 unspecified atom stereocenters. The van der Waals surface area contributed by atoms with E-state index in [0.717, 1.165) is 0 Å². The number of ketones is 1. The Labute approximate surface area is 231 Å². The normalized spacial score (nSPS) is 11.8. The maximum absolute atomic E-state index is 14.7. The zero-order chi connectivity index (χ0) is 28.0. The van der Waals surface area contributed by atoms with Gasteiger partial charge in [-0.15, -0.1) is 0 Å². The van der Waals surface area contributed by atoms with Crippen LogP contribution in [0.15, 0.2) is 146 Å². The lowest BCUT2D eigenvalue weighted by Crippen LogP contribution is -2.41. The van der Waals surface area contributed by atoms with Crippen LogP contribution in [-0.2, 0) is 14.9 Å². The van der Waals surface area contributed by atoms with Crippen LogP contribution in [0.2, 0.25) is 0 Å². The fourth-order valence-electron chi connectivity index (χ4n) is 4.91. The fourth-order valence-corrected chi connectivity index (χ4v) is 4.91. The minimum Gasteiger partial charge on any atom is -0.448 e. The SMILES string of the molecule is O=C(c1ccccc1)[C@H](OC(=O)C(c1ccccc1)(c1ccccc1)c1ccccc1)c1ccc([N+](=O)[O-])cc1. The number of carbonyl (C=O) groups is 2. The first-order chi connectivity index (χ1) is 19.5. The van der Waals surface area contributed by atoms with E-state index in [1.54, 1.807) is 30.3 Å². The highest BCUT2D eigenvalue weighted by Gasteiger charge is 2.47. The smallest absolute Gasteiger partial charge is 0.326 e. The summed E-state index contributed by atoms with van der Waals surface area (Å²) in [5.74, 6) is -1.09. The first-order valence-electron chi connectivity index (χ1n) is 12.7. The molecule has 0 amide bonds. The van der Waals surface area contributed by atoms with Gasteiger partial charge in [-0.25, -0.2) is 0 Å². The van der Waals surface area contributed by atoms with Gasteiger partial charge in [-0.1, -0.05) is 121 Å². The molecule has 1 atom stereocenters. The molecule has 5 aromatic rings. The Balaban J connectivity index is 1.69. The zero-order valence-corrected chi connectivity index (χ0v) is 21.4. The largest absolute Gasteiger partial charge is 0.448 e. The van der Waals surface area contributed by atoms with Gasteiger partial charge >= 0.3 is 5.97 Å². The number of non-ortho nitro benzene ring substituents is 1. The molecule has 6 heteroatoms. The summed E-state index contributed by atoms with van der Waals surface area (Å²) in [4.78, 5) is 39.3. The van der Waals surface area contributed by atoms with Crippen molar-refractivity contribution in [1.82, 2.24) is 0 Å². The van der Waals surface area contributed by atoms with Crippen molar-refractivity contribution < 1.29 is 19.2 Å². The average molecular weight is 528 g/mol. The van der Waals surface area contributed by atoms with E-state index in [0.29, 0.717) is 27.8 Å². The lowest BCUT2D eigenvalue weighted by molar-refractivity contribution is -0.384. The summed E-state index contributed by atoms with van der Waals surface area (Å²) in [6, 6.07) is 41.9. The van der Waals surface area contributed by atoms with Crippen molar-refractivity contribution >= 4 is 17.4 Å². The third-order valence-electron chi connectivity index (χ3n) is 6.85. The van der Waals surface area contributed by atoms with E-state index in [4.69, 9.17) is 4.74 Å². The first kappa shape index (κ1) is 26.3. The summed E-state index contributed by atoms with van der Waals surface area (Å²) < 4.78 is 6.22. The van der Waals surface area contributed by atoms with Crippen molar-refractivity contribution in [3.8, 4) is 0 Å². The second-order valence-electron chi connectivity index (χ2n) is 9.21. The minimum absolute atomic E-state index is 0.131. The highest BCUT2D eigenvalue weighted by atomic mass is 16.6. The summed E-state index contributed by atoms with van der Waals surface area (Å²) in [6.07, 6.45) is -1.34. The molecule has 0 saturated carbocycles. The molecule has 196 valence electrons. The third kappa shape index (κ3) is 5.02. The van der Waals surface area contributed by atoms with E-state index in [1.165, 1.54) is 24.3 Å². The molecule has 5 rings (SSSR count). The van der Waals surface area contributed by atoms with Crippen LogP contribution >= 0.6 is 0 Å². The minimum atomic E-state index is -1.40. The maximum atomic E-state index is 14.7. The van der Waals surface area contributed by atoms with Gasteiger partial charge in [-0.05, 0) is 28.8 Å². The molecule has 0 spiro atoms. The number of benzene rings is 5. The van der Waals surface area contributed by atoms with Gasteiger partial charge in [0, 0.05) is 23.3 Å². The molecule has 0 aliphatic rings. The van der Waals surface area contributed by atoms with E-state index in [-0.39, 0.29) is 5.69 Å². The van der Waals surface area contributed by atoms with Gasteiger partial charge in [0.2, 0.25) is 5.78 Å².